The van der Waals surface area contributed by atoms with E-state index in [9.17, 15) is 18.0 Å². The molecule has 2 nitrogen and oxygen atoms in total. The molecule has 1 rings (SSSR count). The van der Waals surface area contributed by atoms with Crippen molar-refractivity contribution in [3.63, 3.8) is 0 Å². The molecule has 0 saturated heterocycles. The first-order valence-corrected chi connectivity index (χ1v) is 4.89. The highest BCUT2D eigenvalue weighted by atomic mass is 19.2. The molecular formula is C11H12F3NO. The molecule has 1 unspecified atom stereocenters. The van der Waals surface area contributed by atoms with Crippen molar-refractivity contribution in [1.29, 1.82) is 0 Å². The molecule has 0 heterocycles. The molecular weight excluding hydrogens is 219 g/mol. The normalized spacial score (nSPS) is 12.6. The fourth-order valence-electron chi connectivity index (χ4n) is 1.23. The largest absolute Gasteiger partial charge is 0.327 e. The van der Waals surface area contributed by atoms with Crippen LogP contribution < -0.4 is 5.73 Å². The van der Waals surface area contributed by atoms with Crippen molar-refractivity contribution in [3.05, 3.63) is 35.1 Å². The molecule has 0 bridgehead atoms. The molecule has 0 amide bonds. The molecule has 0 aliphatic carbocycles. The Balaban J connectivity index is 2.97. The van der Waals surface area contributed by atoms with Crippen LogP contribution in [-0.4, -0.2) is 11.8 Å². The van der Waals surface area contributed by atoms with Crippen molar-refractivity contribution in [2.75, 3.05) is 0 Å². The third-order valence-electron chi connectivity index (χ3n) is 2.31. The van der Waals surface area contributed by atoms with Crippen molar-refractivity contribution in [3.8, 4) is 0 Å². The van der Waals surface area contributed by atoms with Gasteiger partial charge in [-0.1, -0.05) is 6.92 Å². The van der Waals surface area contributed by atoms with E-state index in [0.717, 1.165) is 12.1 Å². The van der Waals surface area contributed by atoms with Gasteiger partial charge in [0.2, 0.25) is 0 Å². The van der Waals surface area contributed by atoms with E-state index >= 15 is 0 Å². The molecule has 0 aliphatic rings. The van der Waals surface area contributed by atoms with Gasteiger partial charge in [0.25, 0.3) is 0 Å². The van der Waals surface area contributed by atoms with Gasteiger partial charge in [-0.2, -0.15) is 0 Å². The topological polar surface area (TPSA) is 43.1 Å². The Hall–Kier alpha value is -1.36. The number of benzene rings is 1. The van der Waals surface area contributed by atoms with Crippen LogP contribution in [0, 0.1) is 17.5 Å². The number of rotatable bonds is 4. The highest BCUT2D eigenvalue weighted by molar-refractivity contribution is 5.96. The molecule has 2 N–H and O–H groups in total. The van der Waals surface area contributed by atoms with Crippen molar-refractivity contribution in [2.24, 2.45) is 5.73 Å². The summed E-state index contributed by atoms with van der Waals surface area (Å²) in [5.74, 6) is -5.01. The van der Waals surface area contributed by atoms with Crippen LogP contribution in [0.15, 0.2) is 12.1 Å². The number of carbonyl (C=O) groups excluding carboxylic acids is 1. The summed E-state index contributed by atoms with van der Waals surface area (Å²) in [6, 6.07) is 1.25. The molecule has 1 atom stereocenters. The fraction of sp³-hybridized carbons (Fsp3) is 0.364. The molecule has 0 aromatic heterocycles. The molecule has 0 fully saturated rings. The lowest BCUT2D eigenvalue weighted by molar-refractivity contribution is 0.0968. The molecule has 0 radical (unpaired) electrons. The zero-order valence-electron chi connectivity index (χ0n) is 8.77. The number of Topliss-reactive ketones (excluding diaryl/α,β-unsaturated/α-hetero) is 1. The predicted molar refractivity (Wildman–Crippen MR) is 53.5 cm³/mol. The molecule has 0 saturated carbocycles. The second-order valence-corrected chi connectivity index (χ2v) is 3.52. The molecule has 0 spiro atoms. The first-order chi connectivity index (χ1) is 7.47. The van der Waals surface area contributed by atoms with E-state index in [1.54, 1.807) is 6.92 Å². The number of ketones is 1. The van der Waals surface area contributed by atoms with Gasteiger partial charge in [-0.25, -0.2) is 13.2 Å². The maximum atomic E-state index is 13.2. The quantitative estimate of drug-likeness (QED) is 0.638. The maximum Gasteiger partial charge on any atom is 0.195 e. The molecule has 1 aromatic carbocycles. The average molecular weight is 231 g/mol. The Bertz CT molecular complexity index is 406. The molecule has 1 aromatic rings. The zero-order chi connectivity index (χ0) is 12.3. The lowest BCUT2D eigenvalue weighted by Gasteiger charge is -2.08. The third kappa shape index (κ3) is 2.61. The van der Waals surface area contributed by atoms with E-state index in [1.165, 1.54) is 0 Å². The summed E-state index contributed by atoms with van der Waals surface area (Å²) >= 11 is 0. The van der Waals surface area contributed by atoms with Gasteiger partial charge >= 0.3 is 0 Å². The van der Waals surface area contributed by atoms with E-state index in [0.29, 0.717) is 6.42 Å². The van der Waals surface area contributed by atoms with Gasteiger partial charge in [0.1, 0.15) is 0 Å². The van der Waals surface area contributed by atoms with Gasteiger partial charge in [0.15, 0.2) is 23.2 Å². The Kier molecular flexibility index (Phi) is 4.06. The minimum atomic E-state index is -1.63. The van der Waals surface area contributed by atoms with E-state index in [-0.39, 0.29) is 6.42 Å². The smallest absolute Gasteiger partial charge is 0.195 e. The van der Waals surface area contributed by atoms with Crippen molar-refractivity contribution >= 4 is 5.78 Å². The van der Waals surface area contributed by atoms with Crippen LogP contribution >= 0.6 is 0 Å². The number of nitrogens with two attached hydrogens (primary N) is 1. The summed E-state index contributed by atoms with van der Waals surface area (Å²) < 4.78 is 38.6. The SMILES string of the molecule is CCC(N)CC(=O)c1ccc(F)c(F)c1F. The highest BCUT2D eigenvalue weighted by Crippen LogP contribution is 2.17. The monoisotopic (exact) mass is 231 g/mol. The number of carbonyl (C=O) groups is 1. The average Bonchev–Trinajstić information content (AvgIpc) is 2.25. The first kappa shape index (κ1) is 12.7. The van der Waals surface area contributed by atoms with E-state index in [4.69, 9.17) is 5.73 Å². The van der Waals surface area contributed by atoms with Gasteiger partial charge in [0, 0.05) is 12.5 Å². The van der Waals surface area contributed by atoms with Gasteiger partial charge in [-0.3, -0.25) is 4.79 Å². The van der Waals surface area contributed by atoms with Gasteiger partial charge in [-0.05, 0) is 18.6 Å². The molecule has 16 heavy (non-hydrogen) atoms. The minimum absolute atomic E-state index is 0.0848. The standard InChI is InChI=1S/C11H12F3NO/c1-2-6(15)5-9(16)7-3-4-8(12)11(14)10(7)13/h3-4,6H,2,5,15H2,1H3. The Morgan fingerprint density at radius 3 is 2.50 bits per heavy atom. The van der Waals surface area contributed by atoms with E-state index < -0.39 is 34.8 Å². The van der Waals surface area contributed by atoms with Crippen molar-refractivity contribution in [1.82, 2.24) is 0 Å². The third-order valence-corrected chi connectivity index (χ3v) is 2.31. The van der Waals surface area contributed by atoms with Gasteiger partial charge in [0.05, 0.1) is 5.56 Å². The summed E-state index contributed by atoms with van der Waals surface area (Å²) in [6.45, 7) is 1.78. The second-order valence-electron chi connectivity index (χ2n) is 3.52. The van der Waals surface area contributed by atoms with E-state index in [2.05, 4.69) is 0 Å². The van der Waals surface area contributed by atoms with E-state index in [1.807, 2.05) is 0 Å². The Morgan fingerprint density at radius 1 is 1.31 bits per heavy atom. The van der Waals surface area contributed by atoms with Crippen LogP contribution in [0.1, 0.15) is 30.1 Å². The van der Waals surface area contributed by atoms with Crippen LogP contribution in [0.4, 0.5) is 13.2 Å². The number of hydrogen-bond donors (Lipinski definition) is 1. The summed E-state index contributed by atoms with van der Waals surface area (Å²) in [5, 5.41) is 0. The summed E-state index contributed by atoms with van der Waals surface area (Å²) in [4.78, 5) is 11.5. The number of halogens is 3. The number of hydrogen-bond acceptors (Lipinski definition) is 2. The lowest BCUT2D eigenvalue weighted by Crippen LogP contribution is -2.23. The summed E-state index contributed by atoms with van der Waals surface area (Å²) in [7, 11) is 0. The maximum absolute atomic E-state index is 13.2. The summed E-state index contributed by atoms with van der Waals surface area (Å²) in [6.07, 6.45) is 0.468. The van der Waals surface area contributed by atoms with Crippen LogP contribution in [-0.2, 0) is 0 Å². The highest BCUT2D eigenvalue weighted by Gasteiger charge is 2.19. The van der Waals surface area contributed by atoms with Crippen LogP contribution in [0.25, 0.3) is 0 Å². The fourth-order valence-corrected chi connectivity index (χ4v) is 1.23. The summed E-state index contributed by atoms with van der Waals surface area (Å²) in [5.41, 5.74) is 5.06. The van der Waals surface area contributed by atoms with Crippen LogP contribution in [0.2, 0.25) is 0 Å². The Morgan fingerprint density at radius 2 is 1.94 bits per heavy atom. The lowest BCUT2D eigenvalue weighted by atomic mass is 10.0. The minimum Gasteiger partial charge on any atom is -0.327 e. The molecule has 0 aliphatic heterocycles. The predicted octanol–water partition coefficient (Wildman–Crippen LogP) is 2.41. The molecule has 5 heteroatoms. The van der Waals surface area contributed by atoms with Crippen LogP contribution in [0.3, 0.4) is 0 Å². The second kappa shape index (κ2) is 5.12. The van der Waals surface area contributed by atoms with Crippen molar-refractivity contribution < 1.29 is 18.0 Å². The Labute approximate surface area is 91.3 Å². The first-order valence-electron chi connectivity index (χ1n) is 4.89. The van der Waals surface area contributed by atoms with Crippen LogP contribution in [0.5, 0.6) is 0 Å². The van der Waals surface area contributed by atoms with Crippen molar-refractivity contribution in [2.45, 2.75) is 25.8 Å². The molecule has 88 valence electrons. The zero-order valence-corrected chi connectivity index (χ0v) is 8.77. The van der Waals surface area contributed by atoms with Gasteiger partial charge in [-0.15, -0.1) is 0 Å². The van der Waals surface area contributed by atoms with Gasteiger partial charge < -0.3 is 5.73 Å².